The van der Waals surface area contributed by atoms with E-state index in [0.29, 0.717) is 17.0 Å². The highest BCUT2D eigenvalue weighted by atomic mass is 31.2. The van der Waals surface area contributed by atoms with Gasteiger partial charge in [0.25, 0.3) is 0 Å². The zero-order chi connectivity index (χ0) is 24.3. The van der Waals surface area contributed by atoms with E-state index in [1.54, 1.807) is 6.92 Å². The van der Waals surface area contributed by atoms with Crippen molar-refractivity contribution in [2.45, 2.75) is 13.8 Å². The molecule has 1 heterocycles. The number of hydrogen-bond acceptors (Lipinski definition) is 4. The van der Waals surface area contributed by atoms with Gasteiger partial charge >= 0.3 is 0 Å². The van der Waals surface area contributed by atoms with E-state index in [-0.39, 0.29) is 5.78 Å². The lowest BCUT2D eigenvalue weighted by atomic mass is 10.0. The molecule has 0 aliphatic rings. The quantitative estimate of drug-likeness (QED) is 0.203. The predicted octanol–water partition coefficient (Wildman–Crippen LogP) is 6.66. The molecule has 5 heteroatoms. The van der Waals surface area contributed by atoms with E-state index in [1.165, 1.54) is 6.92 Å². The summed E-state index contributed by atoms with van der Waals surface area (Å²) in [6, 6.07) is 39.2. The molecule has 4 aromatic carbocycles. The summed E-state index contributed by atoms with van der Waals surface area (Å²) in [6.45, 7) is 3.31. The van der Waals surface area contributed by atoms with E-state index >= 15 is 0 Å². The maximum absolute atomic E-state index is 12.5. The molecular weight excluding hydrogens is 451 g/mol. The van der Waals surface area contributed by atoms with Crippen LogP contribution in [0.15, 0.2) is 125 Å². The zero-order valence-corrected chi connectivity index (χ0v) is 20.5. The van der Waals surface area contributed by atoms with Crippen LogP contribution in [0.5, 0.6) is 0 Å². The van der Waals surface area contributed by atoms with Crippen molar-refractivity contribution in [1.82, 2.24) is 5.16 Å². The van der Waals surface area contributed by atoms with Gasteiger partial charge in [0.1, 0.15) is 11.5 Å². The fourth-order valence-electron chi connectivity index (χ4n) is 4.44. The standard InChI is InChI=1S/C30H25N2O2P/c1-22(33)29-23(2)34-31-30(29)27-20-12-13-21-28(27)32-35(24-14-6-3-7-15-24,25-16-8-4-9-17-25)26-18-10-5-11-19-26/h3-21H,1-2H3. The van der Waals surface area contributed by atoms with Crippen LogP contribution in [-0.2, 0) is 0 Å². The first-order chi connectivity index (χ1) is 17.1. The summed E-state index contributed by atoms with van der Waals surface area (Å²) < 4.78 is 11.1. The molecule has 0 aliphatic carbocycles. The smallest absolute Gasteiger partial charge is 0.165 e. The minimum absolute atomic E-state index is 0.0798. The van der Waals surface area contributed by atoms with Crippen molar-refractivity contribution in [3.05, 3.63) is 127 Å². The molecule has 0 bridgehead atoms. The number of aromatic nitrogens is 1. The van der Waals surface area contributed by atoms with Gasteiger partial charge in [-0.05, 0) is 19.9 Å². The Morgan fingerprint density at radius 1 is 0.714 bits per heavy atom. The number of benzene rings is 4. The third kappa shape index (κ3) is 4.18. The van der Waals surface area contributed by atoms with Crippen molar-refractivity contribution in [2.24, 2.45) is 4.74 Å². The third-order valence-corrected chi connectivity index (χ3v) is 9.67. The highest BCUT2D eigenvalue weighted by Crippen LogP contribution is 2.50. The number of carbonyl (C=O) groups excluding carboxylic acids is 1. The van der Waals surface area contributed by atoms with Gasteiger partial charge in [0.15, 0.2) is 5.78 Å². The Kier molecular flexibility index (Phi) is 6.31. The molecule has 0 atom stereocenters. The zero-order valence-electron chi connectivity index (χ0n) is 19.6. The summed E-state index contributed by atoms with van der Waals surface area (Å²) in [5, 5.41) is 7.72. The van der Waals surface area contributed by atoms with E-state index in [1.807, 2.05) is 42.5 Å². The molecule has 4 nitrogen and oxygen atoms in total. The topological polar surface area (TPSA) is 55.5 Å². The molecular formula is C30H25N2O2P. The summed E-state index contributed by atoms with van der Waals surface area (Å²) in [4.78, 5) is 12.5. The molecule has 35 heavy (non-hydrogen) atoms. The summed E-state index contributed by atoms with van der Waals surface area (Å²) in [5.74, 6) is 0.432. The highest BCUT2D eigenvalue weighted by molar-refractivity contribution is 7.87. The van der Waals surface area contributed by atoms with Crippen LogP contribution in [0.25, 0.3) is 11.3 Å². The van der Waals surface area contributed by atoms with Crippen LogP contribution in [0.3, 0.4) is 0 Å². The first-order valence-corrected chi connectivity index (χ1v) is 13.2. The van der Waals surface area contributed by atoms with Crippen molar-refractivity contribution in [1.29, 1.82) is 0 Å². The van der Waals surface area contributed by atoms with E-state index in [9.17, 15) is 4.79 Å². The molecule has 5 rings (SSSR count). The maximum atomic E-state index is 12.5. The average molecular weight is 477 g/mol. The van der Waals surface area contributed by atoms with Gasteiger partial charge in [0.05, 0.1) is 18.3 Å². The number of ketones is 1. The second-order valence-corrected chi connectivity index (χ2v) is 11.3. The van der Waals surface area contributed by atoms with Gasteiger partial charge in [-0.25, -0.2) is 0 Å². The second-order valence-electron chi connectivity index (χ2n) is 8.28. The van der Waals surface area contributed by atoms with E-state index in [2.05, 4.69) is 78.0 Å². The minimum atomic E-state index is -2.47. The van der Waals surface area contributed by atoms with Gasteiger partial charge in [0, 0.05) is 21.5 Å². The average Bonchev–Trinajstić information content (AvgIpc) is 3.30. The summed E-state index contributed by atoms with van der Waals surface area (Å²) in [7, 11) is -2.47. The fourth-order valence-corrected chi connectivity index (χ4v) is 7.99. The largest absolute Gasteiger partial charge is 0.360 e. The first-order valence-electron chi connectivity index (χ1n) is 11.5. The van der Waals surface area contributed by atoms with Crippen LogP contribution < -0.4 is 15.9 Å². The molecule has 0 fully saturated rings. The Hall–Kier alpha value is -4.01. The van der Waals surface area contributed by atoms with Crippen LogP contribution in [0.2, 0.25) is 0 Å². The van der Waals surface area contributed by atoms with Gasteiger partial charge in [-0.15, -0.1) is 0 Å². The SMILES string of the molecule is CC(=O)c1c(-c2ccccc2N=P(c2ccccc2)(c2ccccc2)c2ccccc2)noc1C. The Bertz CT molecular complexity index is 1420. The number of rotatable bonds is 6. The van der Waals surface area contributed by atoms with Crippen molar-refractivity contribution < 1.29 is 9.32 Å². The van der Waals surface area contributed by atoms with E-state index < -0.39 is 7.05 Å². The van der Waals surface area contributed by atoms with Crippen LogP contribution in [0.4, 0.5) is 5.69 Å². The van der Waals surface area contributed by atoms with Gasteiger partial charge in [-0.1, -0.05) is 114 Å². The van der Waals surface area contributed by atoms with Crippen LogP contribution in [0, 0.1) is 6.92 Å². The van der Waals surface area contributed by atoms with Crippen molar-refractivity contribution in [3.8, 4) is 11.3 Å². The van der Waals surface area contributed by atoms with E-state index in [4.69, 9.17) is 9.27 Å². The summed E-state index contributed by atoms with van der Waals surface area (Å²) in [5.41, 5.74) is 2.58. The monoisotopic (exact) mass is 476 g/mol. The summed E-state index contributed by atoms with van der Waals surface area (Å²) in [6.07, 6.45) is 0. The van der Waals surface area contributed by atoms with Gasteiger partial charge in [-0.2, -0.15) is 0 Å². The molecule has 0 amide bonds. The summed E-state index contributed by atoms with van der Waals surface area (Å²) >= 11 is 0. The van der Waals surface area contributed by atoms with Crippen LogP contribution in [-0.4, -0.2) is 10.9 Å². The number of carbonyl (C=O) groups is 1. The molecule has 0 N–H and O–H groups in total. The van der Waals surface area contributed by atoms with Crippen LogP contribution >= 0.6 is 7.05 Å². The number of aryl methyl sites for hydroxylation is 1. The molecule has 172 valence electrons. The lowest BCUT2D eigenvalue weighted by Gasteiger charge is -2.27. The number of nitrogens with zero attached hydrogens (tertiary/aromatic N) is 2. The minimum Gasteiger partial charge on any atom is -0.360 e. The second kappa shape index (κ2) is 9.69. The third-order valence-electron chi connectivity index (χ3n) is 6.02. The predicted molar refractivity (Wildman–Crippen MR) is 144 cm³/mol. The highest BCUT2D eigenvalue weighted by Gasteiger charge is 2.28. The lowest BCUT2D eigenvalue weighted by Crippen LogP contribution is -2.25. The van der Waals surface area contributed by atoms with Crippen molar-refractivity contribution in [3.63, 3.8) is 0 Å². The van der Waals surface area contributed by atoms with Crippen molar-refractivity contribution in [2.75, 3.05) is 0 Å². The van der Waals surface area contributed by atoms with Gasteiger partial charge in [-0.3, -0.25) is 9.54 Å². The van der Waals surface area contributed by atoms with Gasteiger partial charge < -0.3 is 4.52 Å². The Balaban J connectivity index is 1.90. The normalized spacial score (nSPS) is 11.3. The first kappa shape index (κ1) is 22.8. The molecule has 0 saturated heterocycles. The molecule has 0 aliphatic heterocycles. The molecule has 0 radical (unpaired) electrons. The molecule has 0 unspecified atom stereocenters. The lowest BCUT2D eigenvalue weighted by molar-refractivity contribution is 0.101. The Morgan fingerprint density at radius 3 is 1.66 bits per heavy atom. The number of hydrogen-bond donors (Lipinski definition) is 0. The molecule has 0 saturated carbocycles. The maximum Gasteiger partial charge on any atom is 0.165 e. The van der Waals surface area contributed by atoms with Crippen molar-refractivity contribution >= 4 is 34.4 Å². The van der Waals surface area contributed by atoms with E-state index in [0.717, 1.165) is 27.2 Å². The fraction of sp³-hybridized carbons (Fsp3) is 0.0667. The molecule has 5 aromatic rings. The van der Waals surface area contributed by atoms with Crippen LogP contribution in [0.1, 0.15) is 23.0 Å². The molecule has 1 aromatic heterocycles. The Morgan fingerprint density at radius 2 is 1.17 bits per heavy atom. The number of Topliss-reactive ketones (excluding diaryl/α,β-unsaturated/α-hetero) is 1. The van der Waals surface area contributed by atoms with Gasteiger partial charge in [0.2, 0.25) is 0 Å². The molecule has 0 spiro atoms. The Labute approximate surface area is 205 Å².